The molecule has 0 spiro atoms. The number of unbranched alkanes of at least 4 members (excludes halogenated alkanes) is 1. The third kappa shape index (κ3) is 12.2. The summed E-state index contributed by atoms with van der Waals surface area (Å²) >= 11 is 0. The van der Waals surface area contributed by atoms with Crippen LogP contribution in [0.2, 0.25) is 0 Å². The van der Waals surface area contributed by atoms with Crippen LogP contribution in [0.5, 0.6) is 0 Å². The number of halogens is 1. The van der Waals surface area contributed by atoms with E-state index in [0.717, 1.165) is 60.3 Å². The minimum absolute atomic E-state index is 0.267. The lowest BCUT2D eigenvalue weighted by Crippen LogP contribution is -2.00. The van der Waals surface area contributed by atoms with Crippen molar-refractivity contribution in [3.63, 3.8) is 0 Å². The van der Waals surface area contributed by atoms with Gasteiger partial charge >= 0.3 is 0 Å². The standard InChI is InChI=1S/C31H49F/c1-12-13-14-23(4)29(10)21-31(32)30(11)28(9)20-19-27(8)26(7)18-17-25(6)24(5)16-15-22(2)3/h17-18,20-24,27H,6-7,10-16,19H2,1-5,8-9H3/b18-17-,28-20+,31-21+. The molecule has 3 atom stereocenters. The van der Waals surface area contributed by atoms with E-state index in [2.05, 4.69) is 86.1 Å². The predicted octanol–water partition coefficient (Wildman–Crippen LogP) is 10.5. The molecule has 0 aliphatic heterocycles. The quantitative estimate of drug-likeness (QED) is 0.209. The van der Waals surface area contributed by atoms with Crippen LogP contribution in [0.1, 0.15) is 87.0 Å². The van der Waals surface area contributed by atoms with E-state index in [1.165, 1.54) is 6.42 Å². The van der Waals surface area contributed by atoms with Gasteiger partial charge in [-0.25, -0.2) is 4.39 Å². The zero-order chi connectivity index (χ0) is 24.8. The molecular formula is C31H49F. The first kappa shape index (κ1) is 30.1. The van der Waals surface area contributed by atoms with Crippen molar-refractivity contribution < 1.29 is 4.39 Å². The van der Waals surface area contributed by atoms with Gasteiger partial charge in [0.05, 0.1) is 0 Å². The highest BCUT2D eigenvalue weighted by molar-refractivity contribution is 5.43. The summed E-state index contributed by atoms with van der Waals surface area (Å²) in [7, 11) is 0. The van der Waals surface area contributed by atoms with Gasteiger partial charge in [0.15, 0.2) is 0 Å². The van der Waals surface area contributed by atoms with Crippen LogP contribution in [0.3, 0.4) is 0 Å². The van der Waals surface area contributed by atoms with Crippen molar-refractivity contribution in [2.45, 2.75) is 87.0 Å². The molecule has 0 aliphatic rings. The van der Waals surface area contributed by atoms with E-state index in [9.17, 15) is 4.39 Å². The SMILES string of the molecule is C=C(/C(C)=C/CC(C)C(=C)/C=C\C(=C)C(C)CCC(C)C)/C(F)=C\C(=C)C(C)CCCC. The maximum atomic E-state index is 14.7. The lowest BCUT2D eigenvalue weighted by molar-refractivity contribution is 0.494. The second-order valence-electron chi connectivity index (χ2n) is 9.97. The van der Waals surface area contributed by atoms with Crippen molar-refractivity contribution >= 4 is 0 Å². The van der Waals surface area contributed by atoms with Crippen molar-refractivity contribution in [3.05, 3.63) is 84.3 Å². The Kier molecular flexibility index (Phi) is 14.9. The van der Waals surface area contributed by atoms with Crippen LogP contribution in [-0.2, 0) is 0 Å². The van der Waals surface area contributed by atoms with E-state index >= 15 is 0 Å². The maximum Gasteiger partial charge on any atom is 0.130 e. The average Bonchev–Trinajstić information content (AvgIpc) is 2.75. The highest BCUT2D eigenvalue weighted by atomic mass is 19.1. The van der Waals surface area contributed by atoms with Gasteiger partial charge in [-0.3, -0.25) is 0 Å². The van der Waals surface area contributed by atoms with E-state index in [4.69, 9.17) is 0 Å². The largest absolute Gasteiger partial charge is 0.206 e. The summed E-state index contributed by atoms with van der Waals surface area (Å²) in [6.45, 7) is 31.5. The zero-order valence-corrected chi connectivity index (χ0v) is 22.1. The normalized spacial score (nSPS) is 15.7. The van der Waals surface area contributed by atoms with Gasteiger partial charge in [0, 0.05) is 5.57 Å². The molecule has 0 aliphatic carbocycles. The first-order valence-electron chi connectivity index (χ1n) is 12.4. The van der Waals surface area contributed by atoms with Gasteiger partial charge in [0.25, 0.3) is 0 Å². The van der Waals surface area contributed by atoms with Crippen molar-refractivity contribution in [3.8, 4) is 0 Å². The van der Waals surface area contributed by atoms with Crippen molar-refractivity contribution in [1.29, 1.82) is 0 Å². The minimum atomic E-state index is -0.287. The van der Waals surface area contributed by atoms with Gasteiger partial charge in [-0.15, -0.1) is 0 Å². The molecule has 0 aromatic carbocycles. The Balaban J connectivity index is 4.83. The van der Waals surface area contributed by atoms with Crippen LogP contribution in [-0.4, -0.2) is 0 Å². The van der Waals surface area contributed by atoms with Crippen LogP contribution in [0.4, 0.5) is 4.39 Å². The Bertz CT molecular complexity index is 726. The van der Waals surface area contributed by atoms with E-state index in [1.54, 1.807) is 6.08 Å². The Morgan fingerprint density at radius 1 is 0.781 bits per heavy atom. The lowest BCUT2D eigenvalue weighted by Gasteiger charge is -2.14. The van der Waals surface area contributed by atoms with E-state index in [-0.39, 0.29) is 17.7 Å². The second-order valence-corrected chi connectivity index (χ2v) is 9.97. The summed E-state index contributed by atoms with van der Waals surface area (Å²) in [5, 5.41) is 0. The molecule has 180 valence electrons. The Morgan fingerprint density at radius 3 is 1.84 bits per heavy atom. The molecule has 0 bridgehead atoms. The fourth-order valence-corrected chi connectivity index (χ4v) is 3.22. The molecule has 0 heterocycles. The molecule has 0 nitrogen and oxygen atoms in total. The van der Waals surface area contributed by atoms with Gasteiger partial charge < -0.3 is 0 Å². The van der Waals surface area contributed by atoms with Gasteiger partial charge in [0.2, 0.25) is 0 Å². The smallest absolute Gasteiger partial charge is 0.130 e. The second kappa shape index (κ2) is 15.8. The summed E-state index contributed by atoms with van der Waals surface area (Å²) in [4.78, 5) is 0. The van der Waals surface area contributed by atoms with Crippen LogP contribution in [0.15, 0.2) is 84.3 Å². The molecule has 1 heteroatoms. The van der Waals surface area contributed by atoms with E-state index < -0.39 is 0 Å². The van der Waals surface area contributed by atoms with Crippen LogP contribution < -0.4 is 0 Å². The molecule has 0 saturated heterocycles. The average molecular weight is 441 g/mol. The third-order valence-electron chi connectivity index (χ3n) is 6.43. The molecule has 0 aromatic rings. The molecule has 3 unspecified atom stereocenters. The van der Waals surface area contributed by atoms with Crippen LogP contribution in [0, 0.1) is 23.7 Å². The molecule has 0 fully saturated rings. The number of rotatable bonds is 16. The zero-order valence-electron chi connectivity index (χ0n) is 22.1. The Morgan fingerprint density at radius 2 is 1.31 bits per heavy atom. The predicted molar refractivity (Wildman–Crippen MR) is 144 cm³/mol. The first-order valence-corrected chi connectivity index (χ1v) is 12.4. The van der Waals surface area contributed by atoms with Crippen molar-refractivity contribution in [2.24, 2.45) is 23.7 Å². The molecule has 32 heavy (non-hydrogen) atoms. The fraction of sp³-hybridized carbons (Fsp3) is 0.548. The molecule has 0 saturated carbocycles. The molecule has 0 rings (SSSR count). The molecule has 0 amide bonds. The van der Waals surface area contributed by atoms with E-state index in [1.807, 2.05) is 6.92 Å². The minimum Gasteiger partial charge on any atom is -0.206 e. The summed E-state index contributed by atoms with van der Waals surface area (Å²) in [6.07, 6.45) is 14.3. The number of hydrogen-bond acceptors (Lipinski definition) is 0. The van der Waals surface area contributed by atoms with Gasteiger partial charge in [-0.1, -0.05) is 116 Å². The van der Waals surface area contributed by atoms with Crippen LogP contribution >= 0.6 is 0 Å². The third-order valence-corrected chi connectivity index (χ3v) is 6.43. The summed E-state index contributed by atoms with van der Waals surface area (Å²) in [5.41, 5.74) is 4.35. The molecule has 0 radical (unpaired) electrons. The monoisotopic (exact) mass is 440 g/mol. The van der Waals surface area contributed by atoms with Gasteiger partial charge in [0.1, 0.15) is 5.83 Å². The first-order chi connectivity index (χ1) is 14.9. The summed E-state index contributed by atoms with van der Waals surface area (Å²) in [5.74, 6) is 1.47. The summed E-state index contributed by atoms with van der Waals surface area (Å²) < 4.78 is 14.7. The Hall–Kier alpha value is -1.89. The van der Waals surface area contributed by atoms with Crippen LogP contribution in [0.25, 0.3) is 0 Å². The fourth-order valence-electron chi connectivity index (χ4n) is 3.22. The molecule has 0 N–H and O–H groups in total. The molecule has 0 aromatic heterocycles. The number of hydrogen-bond donors (Lipinski definition) is 0. The van der Waals surface area contributed by atoms with E-state index in [0.29, 0.717) is 11.5 Å². The lowest BCUT2D eigenvalue weighted by atomic mass is 9.91. The summed E-state index contributed by atoms with van der Waals surface area (Å²) in [6, 6.07) is 0. The number of allylic oxidation sites excluding steroid dienone is 10. The Labute approximate surface area is 199 Å². The van der Waals surface area contributed by atoms with Gasteiger partial charge in [-0.2, -0.15) is 0 Å². The highest BCUT2D eigenvalue weighted by Gasteiger charge is 2.10. The van der Waals surface area contributed by atoms with Crippen molar-refractivity contribution in [2.75, 3.05) is 0 Å². The maximum absolute atomic E-state index is 14.7. The highest BCUT2D eigenvalue weighted by Crippen LogP contribution is 2.26. The topological polar surface area (TPSA) is 0 Å². The molecular weight excluding hydrogens is 391 g/mol. The van der Waals surface area contributed by atoms with Gasteiger partial charge in [-0.05, 0) is 67.1 Å². The van der Waals surface area contributed by atoms with Crippen molar-refractivity contribution in [1.82, 2.24) is 0 Å².